The van der Waals surface area contributed by atoms with Crippen molar-refractivity contribution < 1.29 is 0 Å². The first-order valence-corrected chi connectivity index (χ1v) is 7.17. The molecule has 2 heterocycles. The van der Waals surface area contributed by atoms with Crippen molar-refractivity contribution >= 4 is 23.4 Å². The minimum Gasteiger partial charge on any atom is -0.231 e. The predicted molar refractivity (Wildman–Crippen MR) is 76.8 cm³/mol. The molecule has 6 heteroatoms. The molecule has 0 saturated carbocycles. The summed E-state index contributed by atoms with van der Waals surface area (Å²) in [6.07, 6.45) is 3.58. The van der Waals surface area contributed by atoms with Crippen LogP contribution in [0.2, 0.25) is 5.15 Å². The zero-order valence-corrected chi connectivity index (χ0v) is 12.9. The second-order valence-corrected chi connectivity index (χ2v) is 5.92. The van der Waals surface area contributed by atoms with Crippen LogP contribution < -0.4 is 0 Å². The van der Waals surface area contributed by atoms with E-state index in [0.717, 1.165) is 22.0 Å². The maximum Gasteiger partial charge on any atom is 0.193 e. The lowest BCUT2D eigenvalue weighted by molar-refractivity contribution is 0.746. The van der Waals surface area contributed by atoms with E-state index in [1.54, 1.807) is 12.4 Å². The van der Waals surface area contributed by atoms with Crippen molar-refractivity contribution in [3.8, 4) is 0 Å². The van der Waals surface area contributed by atoms with Crippen LogP contribution >= 0.6 is 23.4 Å². The molecular formula is C13H15ClN4S. The standard InChI is InChI=1S/C13H15ClN4S/c1-7(2)11-17-10(14)9(4)12(18-11)19-13-15-5-8(3)6-16-13/h5-7H,1-4H3. The molecule has 0 saturated heterocycles. The third-order valence-corrected chi connectivity index (χ3v) is 3.87. The molecule has 0 spiro atoms. The molecule has 100 valence electrons. The molecule has 0 unspecified atom stereocenters. The van der Waals surface area contributed by atoms with Gasteiger partial charge in [-0.2, -0.15) is 0 Å². The van der Waals surface area contributed by atoms with Crippen molar-refractivity contribution in [1.29, 1.82) is 0 Å². The van der Waals surface area contributed by atoms with Crippen LogP contribution in [0.15, 0.2) is 22.6 Å². The average molecular weight is 295 g/mol. The number of halogens is 1. The highest BCUT2D eigenvalue weighted by Crippen LogP contribution is 2.30. The Morgan fingerprint density at radius 3 is 2.32 bits per heavy atom. The Morgan fingerprint density at radius 2 is 1.74 bits per heavy atom. The Balaban J connectivity index is 2.36. The first-order chi connectivity index (χ1) is 8.97. The van der Waals surface area contributed by atoms with E-state index in [-0.39, 0.29) is 5.92 Å². The zero-order valence-electron chi connectivity index (χ0n) is 11.3. The maximum atomic E-state index is 6.15. The molecule has 0 aromatic carbocycles. The van der Waals surface area contributed by atoms with Crippen molar-refractivity contribution in [2.45, 2.75) is 43.8 Å². The van der Waals surface area contributed by atoms with Crippen LogP contribution in [0.4, 0.5) is 0 Å². The zero-order chi connectivity index (χ0) is 14.0. The van der Waals surface area contributed by atoms with Crippen molar-refractivity contribution in [2.24, 2.45) is 0 Å². The normalized spacial score (nSPS) is 11.1. The summed E-state index contributed by atoms with van der Waals surface area (Å²) in [7, 11) is 0. The summed E-state index contributed by atoms with van der Waals surface area (Å²) in [6, 6.07) is 0. The average Bonchev–Trinajstić information content (AvgIpc) is 2.37. The molecule has 0 atom stereocenters. The van der Waals surface area contributed by atoms with E-state index < -0.39 is 0 Å². The molecule has 0 amide bonds. The third-order valence-electron chi connectivity index (χ3n) is 2.52. The number of nitrogens with zero attached hydrogens (tertiary/aromatic N) is 4. The SMILES string of the molecule is Cc1cnc(Sc2nc(C(C)C)nc(Cl)c2C)nc1. The van der Waals surface area contributed by atoms with Gasteiger partial charge in [0.05, 0.1) is 0 Å². The highest BCUT2D eigenvalue weighted by molar-refractivity contribution is 7.99. The van der Waals surface area contributed by atoms with E-state index in [2.05, 4.69) is 19.9 Å². The lowest BCUT2D eigenvalue weighted by Crippen LogP contribution is -2.02. The summed E-state index contributed by atoms with van der Waals surface area (Å²) in [4.78, 5) is 17.4. The van der Waals surface area contributed by atoms with E-state index >= 15 is 0 Å². The topological polar surface area (TPSA) is 51.6 Å². The monoisotopic (exact) mass is 294 g/mol. The Labute approximate surface area is 122 Å². The van der Waals surface area contributed by atoms with Gasteiger partial charge in [0.15, 0.2) is 5.16 Å². The highest BCUT2D eigenvalue weighted by atomic mass is 35.5. The molecule has 2 aromatic heterocycles. The Kier molecular flexibility index (Phi) is 4.37. The van der Waals surface area contributed by atoms with Gasteiger partial charge < -0.3 is 0 Å². The van der Waals surface area contributed by atoms with Crippen molar-refractivity contribution in [3.05, 3.63) is 34.5 Å². The van der Waals surface area contributed by atoms with Crippen molar-refractivity contribution in [2.75, 3.05) is 0 Å². The fourth-order valence-corrected chi connectivity index (χ4v) is 2.37. The number of rotatable bonds is 3. The molecule has 0 radical (unpaired) electrons. The number of aromatic nitrogens is 4. The van der Waals surface area contributed by atoms with Crippen molar-refractivity contribution in [3.63, 3.8) is 0 Å². The minimum atomic E-state index is 0.233. The largest absolute Gasteiger partial charge is 0.231 e. The second-order valence-electron chi connectivity index (χ2n) is 4.60. The van der Waals surface area contributed by atoms with Crippen molar-refractivity contribution in [1.82, 2.24) is 19.9 Å². The smallest absolute Gasteiger partial charge is 0.193 e. The summed E-state index contributed by atoms with van der Waals surface area (Å²) in [5.41, 5.74) is 1.89. The quantitative estimate of drug-likeness (QED) is 0.636. The lowest BCUT2D eigenvalue weighted by atomic mass is 10.2. The molecule has 0 aliphatic heterocycles. The number of aryl methyl sites for hydroxylation is 1. The molecular weight excluding hydrogens is 280 g/mol. The summed E-state index contributed by atoms with van der Waals surface area (Å²) in [5.74, 6) is 0.974. The van der Waals surface area contributed by atoms with Crippen LogP contribution in [0, 0.1) is 13.8 Å². The Hall–Kier alpha value is -1.20. The first kappa shape index (κ1) is 14.2. The summed E-state index contributed by atoms with van der Waals surface area (Å²) in [6.45, 7) is 7.94. The van der Waals surface area contributed by atoms with Crippen LogP contribution in [0.3, 0.4) is 0 Å². The summed E-state index contributed by atoms with van der Waals surface area (Å²) in [5, 5.41) is 1.97. The van der Waals surface area contributed by atoms with E-state index in [4.69, 9.17) is 11.6 Å². The third kappa shape index (κ3) is 3.42. The van der Waals surface area contributed by atoms with Gasteiger partial charge in [0, 0.05) is 23.9 Å². The fourth-order valence-electron chi connectivity index (χ4n) is 1.36. The van der Waals surface area contributed by atoms with Gasteiger partial charge in [-0.3, -0.25) is 0 Å². The van der Waals surface area contributed by atoms with Crippen LogP contribution in [0.25, 0.3) is 0 Å². The number of hydrogen-bond acceptors (Lipinski definition) is 5. The summed E-state index contributed by atoms with van der Waals surface area (Å²) >= 11 is 7.56. The van der Waals surface area contributed by atoms with Gasteiger partial charge in [0.1, 0.15) is 16.0 Å². The molecule has 4 nitrogen and oxygen atoms in total. The van der Waals surface area contributed by atoms with Gasteiger partial charge in [-0.15, -0.1) is 0 Å². The minimum absolute atomic E-state index is 0.233. The fraction of sp³-hybridized carbons (Fsp3) is 0.385. The van der Waals surface area contributed by atoms with E-state index in [9.17, 15) is 0 Å². The molecule has 2 aromatic rings. The van der Waals surface area contributed by atoms with Gasteiger partial charge in [0.2, 0.25) is 0 Å². The second kappa shape index (κ2) is 5.84. The first-order valence-electron chi connectivity index (χ1n) is 5.98. The van der Waals surface area contributed by atoms with Gasteiger partial charge in [-0.25, -0.2) is 19.9 Å². The van der Waals surface area contributed by atoms with E-state index in [1.165, 1.54) is 11.8 Å². The highest BCUT2D eigenvalue weighted by Gasteiger charge is 2.13. The molecule has 0 aliphatic rings. The van der Waals surface area contributed by atoms with Gasteiger partial charge >= 0.3 is 0 Å². The van der Waals surface area contributed by atoms with E-state index in [1.807, 2.05) is 27.7 Å². The predicted octanol–water partition coefficient (Wildman–Crippen LogP) is 3.81. The molecule has 19 heavy (non-hydrogen) atoms. The van der Waals surface area contributed by atoms with Crippen LogP contribution in [-0.2, 0) is 0 Å². The summed E-state index contributed by atoms with van der Waals surface area (Å²) < 4.78 is 0. The molecule has 0 fully saturated rings. The number of hydrogen-bond donors (Lipinski definition) is 0. The van der Waals surface area contributed by atoms with Gasteiger partial charge in [-0.1, -0.05) is 25.4 Å². The molecule has 0 N–H and O–H groups in total. The Morgan fingerprint density at radius 1 is 1.11 bits per heavy atom. The van der Waals surface area contributed by atoms with Crippen LogP contribution in [-0.4, -0.2) is 19.9 Å². The van der Waals surface area contributed by atoms with Gasteiger partial charge in [-0.05, 0) is 31.2 Å². The lowest BCUT2D eigenvalue weighted by Gasteiger charge is -2.10. The Bertz CT molecular complexity index is 584. The van der Waals surface area contributed by atoms with Crippen LogP contribution in [0.1, 0.15) is 36.7 Å². The molecule has 2 rings (SSSR count). The van der Waals surface area contributed by atoms with Crippen LogP contribution in [0.5, 0.6) is 0 Å². The molecule has 0 bridgehead atoms. The molecule has 0 aliphatic carbocycles. The maximum absolute atomic E-state index is 6.15. The van der Waals surface area contributed by atoms with E-state index in [0.29, 0.717) is 10.3 Å². The van der Waals surface area contributed by atoms with Gasteiger partial charge in [0.25, 0.3) is 0 Å².